The molecule has 100 valence electrons. The summed E-state index contributed by atoms with van der Waals surface area (Å²) in [6.07, 6.45) is 2.54. The molecule has 2 rings (SSSR count). The van der Waals surface area contributed by atoms with Gasteiger partial charge in [0, 0.05) is 6.54 Å². The number of nitrogens with one attached hydrogen (secondary N) is 1. The van der Waals surface area contributed by atoms with E-state index in [4.69, 9.17) is 0 Å². The molecule has 1 fully saturated rings. The van der Waals surface area contributed by atoms with Crippen molar-refractivity contribution in [2.45, 2.75) is 18.8 Å². The number of aromatic hydroxyl groups is 1. The first-order valence-corrected chi connectivity index (χ1v) is 6.82. The lowest BCUT2D eigenvalue weighted by Crippen LogP contribution is -2.35. The Kier molecular flexibility index (Phi) is 4.61. The third-order valence-corrected chi connectivity index (χ3v) is 4.08. The van der Waals surface area contributed by atoms with Crippen LogP contribution in [0.1, 0.15) is 24.3 Å². The van der Waals surface area contributed by atoms with Gasteiger partial charge in [0.05, 0.1) is 0 Å². The van der Waals surface area contributed by atoms with Crippen LogP contribution in [0.2, 0.25) is 0 Å². The number of hydrogen-bond acceptors (Lipinski definition) is 3. The topological polar surface area (TPSA) is 35.5 Å². The number of hydrogen-bond donors (Lipinski definition) is 2. The van der Waals surface area contributed by atoms with E-state index < -0.39 is 0 Å². The molecule has 0 saturated carbocycles. The van der Waals surface area contributed by atoms with Crippen molar-refractivity contribution < 1.29 is 5.11 Å². The third kappa shape index (κ3) is 3.24. The van der Waals surface area contributed by atoms with E-state index in [2.05, 4.69) is 29.4 Å². The van der Waals surface area contributed by atoms with Gasteiger partial charge < -0.3 is 15.3 Å². The van der Waals surface area contributed by atoms with Crippen LogP contribution in [0.5, 0.6) is 5.75 Å². The second-order valence-corrected chi connectivity index (χ2v) is 5.40. The van der Waals surface area contributed by atoms with Gasteiger partial charge in [-0.2, -0.15) is 0 Å². The average molecular weight is 248 g/mol. The molecular formula is C15H24N2O. The normalized spacial score (nSPS) is 19.9. The van der Waals surface area contributed by atoms with Gasteiger partial charge in [-0.05, 0) is 69.6 Å². The Morgan fingerprint density at radius 3 is 2.44 bits per heavy atom. The number of phenols is 1. The molecule has 1 aliphatic heterocycles. The summed E-state index contributed by atoms with van der Waals surface area (Å²) >= 11 is 0. The Morgan fingerprint density at radius 2 is 1.89 bits per heavy atom. The molecule has 0 aromatic heterocycles. The number of phenolic OH excluding ortho intramolecular Hbond substituents is 1. The van der Waals surface area contributed by atoms with Crippen molar-refractivity contribution >= 4 is 0 Å². The predicted octanol–water partition coefficient (Wildman–Crippen LogP) is 2.04. The summed E-state index contributed by atoms with van der Waals surface area (Å²) in [6.45, 7) is 3.41. The van der Waals surface area contributed by atoms with Crippen LogP contribution in [0.3, 0.4) is 0 Å². The second kappa shape index (κ2) is 6.21. The SMILES string of the molecule is CNCC(c1ccc(O)cc1)C1CCN(C)CC1. The average Bonchev–Trinajstić information content (AvgIpc) is 2.39. The number of rotatable bonds is 4. The summed E-state index contributed by atoms with van der Waals surface area (Å²) < 4.78 is 0. The highest BCUT2D eigenvalue weighted by Crippen LogP contribution is 2.32. The van der Waals surface area contributed by atoms with Crippen LogP contribution >= 0.6 is 0 Å². The fourth-order valence-corrected chi connectivity index (χ4v) is 2.93. The fourth-order valence-electron chi connectivity index (χ4n) is 2.93. The van der Waals surface area contributed by atoms with Crippen LogP contribution in [-0.2, 0) is 0 Å². The zero-order valence-corrected chi connectivity index (χ0v) is 11.4. The first kappa shape index (κ1) is 13.4. The Labute approximate surface area is 110 Å². The van der Waals surface area contributed by atoms with Crippen LogP contribution in [0.25, 0.3) is 0 Å². The van der Waals surface area contributed by atoms with E-state index in [1.807, 2.05) is 7.05 Å². The van der Waals surface area contributed by atoms with Crippen molar-refractivity contribution in [1.82, 2.24) is 10.2 Å². The maximum atomic E-state index is 9.39. The summed E-state index contributed by atoms with van der Waals surface area (Å²) in [4.78, 5) is 2.41. The minimum absolute atomic E-state index is 0.352. The molecule has 1 aromatic carbocycles. The lowest BCUT2D eigenvalue weighted by atomic mass is 9.80. The van der Waals surface area contributed by atoms with Gasteiger partial charge in [0.2, 0.25) is 0 Å². The number of likely N-dealkylation sites (N-methyl/N-ethyl adjacent to an activating group) is 1. The van der Waals surface area contributed by atoms with Gasteiger partial charge in [0.1, 0.15) is 5.75 Å². The van der Waals surface area contributed by atoms with E-state index in [1.165, 1.54) is 31.5 Å². The van der Waals surface area contributed by atoms with E-state index in [0.29, 0.717) is 11.7 Å². The molecule has 1 aliphatic rings. The number of piperidine rings is 1. The highest BCUT2D eigenvalue weighted by Gasteiger charge is 2.26. The maximum absolute atomic E-state index is 9.39. The third-order valence-electron chi connectivity index (χ3n) is 4.08. The summed E-state index contributed by atoms with van der Waals surface area (Å²) in [5.41, 5.74) is 1.34. The fraction of sp³-hybridized carbons (Fsp3) is 0.600. The van der Waals surface area contributed by atoms with Gasteiger partial charge in [-0.3, -0.25) is 0 Å². The van der Waals surface area contributed by atoms with Crippen molar-refractivity contribution in [3.63, 3.8) is 0 Å². The van der Waals surface area contributed by atoms with Crippen LogP contribution < -0.4 is 5.32 Å². The van der Waals surface area contributed by atoms with Crippen molar-refractivity contribution in [3.05, 3.63) is 29.8 Å². The molecule has 0 aliphatic carbocycles. The molecule has 0 spiro atoms. The molecule has 1 unspecified atom stereocenters. The van der Waals surface area contributed by atoms with Gasteiger partial charge in [0.15, 0.2) is 0 Å². The minimum Gasteiger partial charge on any atom is -0.508 e. The van der Waals surface area contributed by atoms with Crippen molar-refractivity contribution in [2.24, 2.45) is 5.92 Å². The molecule has 1 atom stereocenters. The number of benzene rings is 1. The molecule has 3 heteroatoms. The van der Waals surface area contributed by atoms with Crippen LogP contribution in [0, 0.1) is 5.92 Å². The molecule has 2 N–H and O–H groups in total. The van der Waals surface area contributed by atoms with E-state index in [-0.39, 0.29) is 0 Å². The highest BCUT2D eigenvalue weighted by molar-refractivity contribution is 5.29. The van der Waals surface area contributed by atoms with Crippen LogP contribution in [-0.4, -0.2) is 43.7 Å². The minimum atomic E-state index is 0.352. The summed E-state index contributed by atoms with van der Waals surface area (Å²) in [7, 11) is 4.21. The molecule has 0 radical (unpaired) electrons. The lowest BCUT2D eigenvalue weighted by molar-refractivity contribution is 0.197. The van der Waals surface area contributed by atoms with Gasteiger partial charge in [-0.1, -0.05) is 12.1 Å². The monoisotopic (exact) mass is 248 g/mol. The van der Waals surface area contributed by atoms with Crippen molar-refractivity contribution in [3.8, 4) is 5.75 Å². The van der Waals surface area contributed by atoms with Crippen LogP contribution in [0.15, 0.2) is 24.3 Å². The highest BCUT2D eigenvalue weighted by atomic mass is 16.3. The molecule has 1 heterocycles. The molecule has 3 nitrogen and oxygen atoms in total. The standard InChI is InChI=1S/C15H24N2O/c1-16-11-15(12-3-5-14(18)6-4-12)13-7-9-17(2)10-8-13/h3-6,13,15-16,18H,7-11H2,1-2H3. The van der Waals surface area contributed by atoms with Gasteiger partial charge in [-0.25, -0.2) is 0 Å². The molecular weight excluding hydrogens is 224 g/mol. The summed E-state index contributed by atoms with van der Waals surface area (Å²) in [5, 5.41) is 12.7. The lowest BCUT2D eigenvalue weighted by Gasteiger charge is -2.34. The summed E-state index contributed by atoms with van der Waals surface area (Å²) in [5.74, 6) is 1.66. The largest absolute Gasteiger partial charge is 0.508 e. The van der Waals surface area contributed by atoms with Gasteiger partial charge in [-0.15, -0.1) is 0 Å². The van der Waals surface area contributed by atoms with E-state index in [0.717, 1.165) is 12.5 Å². The Balaban J connectivity index is 2.09. The van der Waals surface area contributed by atoms with Crippen LogP contribution in [0.4, 0.5) is 0 Å². The van der Waals surface area contributed by atoms with Crippen molar-refractivity contribution in [1.29, 1.82) is 0 Å². The Hall–Kier alpha value is -1.06. The van der Waals surface area contributed by atoms with E-state index in [9.17, 15) is 5.11 Å². The zero-order chi connectivity index (χ0) is 13.0. The number of nitrogens with zero attached hydrogens (tertiary/aromatic N) is 1. The molecule has 1 saturated heterocycles. The molecule has 18 heavy (non-hydrogen) atoms. The zero-order valence-electron chi connectivity index (χ0n) is 11.4. The predicted molar refractivity (Wildman–Crippen MR) is 75.0 cm³/mol. The van der Waals surface area contributed by atoms with Gasteiger partial charge >= 0.3 is 0 Å². The van der Waals surface area contributed by atoms with E-state index in [1.54, 1.807) is 12.1 Å². The number of likely N-dealkylation sites (tertiary alicyclic amines) is 1. The van der Waals surface area contributed by atoms with E-state index >= 15 is 0 Å². The Bertz CT molecular complexity index is 355. The Morgan fingerprint density at radius 1 is 1.28 bits per heavy atom. The second-order valence-electron chi connectivity index (χ2n) is 5.40. The smallest absolute Gasteiger partial charge is 0.115 e. The first-order valence-electron chi connectivity index (χ1n) is 6.82. The molecule has 0 amide bonds. The maximum Gasteiger partial charge on any atom is 0.115 e. The first-order chi connectivity index (χ1) is 8.70. The summed E-state index contributed by atoms with van der Waals surface area (Å²) in [6, 6.07) is 7.73. The molecule has 1 aromatic rings. The molecule has 0 bridgehead atoms. The quantitative estimate of drug-likeness (QED) is 0.856. The van der Waals surface area contributed by atoms with Gasteiger partial charge in [0.25, 0.3) is 0 Å². The van der Waals surface area contributed by atoms with Crippen molar-refractivity contribution in [2.75, 3.05) is 33.7 Å².